The van der Waals surface area contributed by atoms with Crippen molar-refractivity contribution in [3.63, 3.8) is 0 Å². The van der Waals surface area contributed by atoms with Crippen molar-refractivity contribution in [2.24, 2.45) is 5.92 Å². The third-order valence-electron chi connectivity index (χ3n) is 4.44. The van der Waals surface area contributed by atoms with Crippen LogP contribution in [0.25, 0.3) is 11.3 Å². The average Bonchev–Trinajstić information content (AvgIpc) is 2.88. The number of hydrogen-bond acceptors (Lipinski definition) is 1. The molecule has 2 nitrogen and oxygen atoms in total. The molecule has 1 saturated carbocycles. The summed E-state index contributed by atoms with van der Waals surface area (Å²) < 4.78 is 2.22. The molecule has 0 saturated heterocycles. The third kappa shape index (κ3) is 1.91. The van der Waals surface area contributed by atoms with Crippen molar-refractivity contribution < 1.29 is 4.79 Å². The summed E-state index contributed by atoms with van der Waals surface area (Å²) >= 11 is 0. The molecular formula is C18H21NO. The maximum Gasteiger partial charge on any atom is 0.161 e. The number of Topliss-reactive ketones (excluding diaryl/α,β-unsaturated/α-hetero) is 1. The van der Waals surface area contributed by atoms with E-state index in [1.165, 1.54) is 5.56 Å². The summed E-state index contributed by atoms with van der Waals surface area (Å²) in [4.78, 5) is 12.7. The first-order chi connectivity index (χ1) is 9.65. The number of rotatable bonds is 4. The number of aromatic nitrogens is 1. The zero-order valence-corrected chi connectivity index (χ0v) is 12.2. The van der Waals surface area contributed by atoms with E-state index in [9.17, 15) is 4.79 Å². The predicted molar refractivity (Wildman–Crippen MR) is 81.5 cm³/mol. The Bertz CT molecular complexity index is 605. The van der Waals surface area contributed by atoms with Crippen molar-refractivity contribution in [3.05, 3.63) is 48.7 Å². The normalized spacial score (nSPS) is 16.9. The molecule has 0 bridgehead atoms. The first-order valence-corrected chi connectivity index (χ1v) is 7.43. The molecule has 0 amide bonds. The summed E-state index contributed by atoms with van der Waals surface area (Å²) in [6, 6.07) is 14.5. The van der Waals surface area contributed by atoms with Crippen LogP contribution in [0, 0.1) is 5.92 Å². The van der Waals surface area contributed by atoms with E-state index in [1.807, 2.05) is 32.0 Å². The lowest BCUT2D eigenvalue weighted by Crippen LogP contribution is -2.49. The van der Waals surface area contributed by atoms with Crippen molar-refractivity contribution >= 4 is 5.78 Å². The first-order valence-electron chi connectivity index (χ1n) is 7.43. The van der Waals surface area contributed by atoms with Crippen LogP contribution in [-0.2, 0) is 10.3 Å². The molecule has 1 aliphatic rings. The highest BCUT2D eigenvalue weighted by Gasteiger charge is 2.46. The summed E-state index contributed by atoms with van der Waals surface area (Å²) in [5, 5.41) is 0. The van der Waals surface area contributed by atoms with Crippen molar-refractivity contribution in [2.75, 3.05) is 0 Å². The van der Waals surface area contributed by atoms with Crippen LogP contribution in [0.1, 0.15) is 33.1 Å². The number of nitrogens with zero attached hydrogens (tertiary/aromatic N) is 1. The molecule has 0 atom stereocenters. The Hall–Kier alpha value is -1.83. The average molecular weight is 267 g/mol. The molecule has 1 aromatic carbocycles. The molecule has 0 aliphatic heterocycles. The summed E-state index contributed by atoms with van der Waals surface area (Å²) in [6.07, 6.45) is 5.16. The summed E-state index contributed by atoms with van der Waals surface area (Å²) in [5.41, 5.74) is 2.03. The van der Waals surface area contributed by atoms with Gasteiger partial charge in [0.05, 0.1) is 0 Å². The van der Waals surface area contributed by atoms with Gasteiger partial charge in [0.15, 0.2) is 5.78 Å². The largest absolute Gasteiger partial charge is 0.334 e. The molecule has 1 fully saturated rings. The van der Waals surface area contributed by atoms with E-state index in [1.54, 1.807) is 0 Å². The fourth-order valence-corrected chi connectivity index (χ4v) is 3.25. The highest BCUT2D eigenvalue weighted by Crippen LogP contribution is 2.44. The number of carbonyl (C=O) groups is 1. The summed E-state index contributed by atoms with van der Waals surface area (Å²) in [5.74, 6) is 0.457. The number of benzene rings is 1. The molecule has 0 radical (unpaired) electrons. The smallest absolute Gasteiger partial charge is 0.161 e. The van der Waals surface area contributed by atoms with Gasteiger partial charge in [0.1, 0.15) is 5.54 Å². The molecule has 1 aliphatic carbocycles. The van der Waals surface area contributed by atoms with Gasteiger partial charge in [-0.3, -0.25) is 4.79 Å². The Morgan fingerprint density at radius 3 is 2.35 bits per heavy atom. The van der Waals surface area contributed by atoms with E-state index >= 15 is 0 Å². The molecule has 0 spiro atoms. The van der Waals surface area contributed by atoms with Crippen LogP contribution in [0.5, 0.6) is 0 Å². The fourth-order valence-electron chi connectivity index (χ4n) is 3.25. The fraction of sp³-hybridized carbons (Fsp3) is 0.389. The molecule has 104 valence electrons. The Labute approximate surface area is 120 Å². The van der Waals surface area contributed by atoms with Gasteiger partial charge in [-0.15, -0.1) is 0 Å². The minimum Gasteiger partial charge on any atom is -0.334 e. The lowest BCUT2D eigenvalue weighted by atomic mass is 9.70. The molecule has 1 aromatic heterocycles. The first kappa shape index (κ1) is 13.2. The summed E-state index contributed by atoms with van der Waals surface area (Å²) in [7, 11) is 0. The highest BCUT2D eigenvalue weighted by molar-refractivity contribution is 5.90. The van der Waals surface area contributed by atoms with Gasteiger partial charge >= 0.3 is 0 Å². The Morgan fingerprint density at radius 2 is 1.80 bits per heavy atom. The molecule has 20 heavy (non-hydrogen) atoms. The monoisotopic (exact) mass is 267 g/mol. The SMILES string of the molecule is CC(C)C(=O)C1(n2cccc2-c2ccccc2)CCC1. The minimum absolute atomic E-state index is 0.0846. The van der Waals surface area contributed by atoms with Crippen LogP contribution in [0.4, 0.5) is 0 Å². The van der Waals surface area contributed by atoms with Gasteiger partial charge in [0.2, 0.25) is 0 Å². The number of carbonyl (C=O) groups excluding carboxylic acids is 1. The van der Waals surface area contributed by atoms with Crippen LogP contribution in [-0.4, -0.2) is 10.4 Å². The Balaban J connectivity index is 2.07. The number of ketones is 1. The molecule has 0 unspecified atom stereocenters. The van der Waals surface area contributed by atoms with Crippen molar-refractivity contribution in [1.29, 1.82) is 0 Å². The van der Waals surface area contributed by atoms with Crippen LogP contribution < -0.4 is 0 Å². The van der Waals surface area contributed by atoms with Crippen molar-refractivity contribution in [2.45, 2.75) is 38.6 Å². The van der Waals surface area contributed by atoms with Crippen molar-refractivity contribution in [3.8, 4) is 11.3 Å². The van der Waals surface area contributed by atoms with Crippen molar-refractivity contribution in [1.82, 2.24) is 4.57 Å². The van der Waals surface area contributed by atoms with E-state index in [-0.39, 0.29) is 11.5 Å². The second-order valence-electron chi connectivity index (χ2n) is 6.03. The zero-order valence-electron chi connectivity index (χ0n) is 12.2. The van der Waals surface area contributed by atoms with Gasteiger partial charge in [-0.1, -0.05) is 44.2 Å². The van der Waals surface area contributed by atoms with Gasteiger partial charge in [0.25, 0.3) is 0 Å². The highest BCUT2D eigenvalue weighted by atomic mass is 16.1. The van der Waals surface area contributed by atoms with E-state index < -0.39 is 0 Å². The maximum absolute atomic E-state index is 12.7. The maximum atomic E-state index is 12.7. The van der Waals surface area contributed by atoms with E-state index in [0.29, 0.717) is 5.78 Å². The standard InChI is InChI=1S/C18H21NO/c1-14(2)17(20)18(11-7-12-18)19-13-6-10-16(19)15-8-4-3-5-9-15/h3-6,8-10,13-14H,7,11-12H2,1-2H3. The second kappa shape index (κ2) is 4.93. The van der Waals surface area contributed by atoms with Gasteiger partial charge < -0.3 is 4.57 Å². The Kier molecular flexibility index (Phi) is 3.25. The topological polar surface area (TPSA) is 22.0 Å². The molecule has 2 aromatic rings. The lowest BCUT2D eigenvalue weighted by Gasteiger charge is -2.44. The van der Waals surface area contributed by atoms with E-state index in [4.69, 9.17) is 0 Å². The Morgan fingerprint density at radius 1 is 1.10 bits per heavy atom. The minimum atomic E-state index is -0.303. The molecule has 1 heterocycles. The van der Waals surface area contributed by atoms with Crippen LogP contribution in [0.3, 0.4) is 0 Å². The third-order valence-corrected chi connectivity index (χ3v) is 4.44. The second-order valence-corrected chi connectivity index (χ2v) is 6.03. The summed E-state index contributed by atoms with van der Waals surface area (Å²) in [6.45, 7) is 4.02. The van der Waals surface area contributed by atoms with Gasteiger partial charge in [0, 0.05) is 17.8 Å². The van der Waals surface area contributed by atoms with Crippen LogP contribution in [0.15, 0.2) is 48.7 Å². The molecular weight excluding hydrogens is 246 g/mol. The predicted octanol–water partition coefficient (Wildman–Crippen LogP) is 4.26. The van der Waals surface area contributed by atoms with E-state index in [0.717, 1.165) is 25.0 Å². The van der Waals surface area contributed by atoms with Crippen LogP contribution in [0.2, 0.25) is 0 Å². The quantitative estimate of drug-likeness (QED) is 0.811. The van der Waals surface area contributed by atoms with Gasteiger partial charge in [-0.25, -0.2) is 0 Å². The van der Waals surface area contributed by atoms with Gasteiger partial charge in [-0.05, 0) is 37.0 Å². The molecule has 0 N–H and O–H groups in total. The zero-order chi connectivity index (χ0) is 14.2. The number of hydrogen-bond donors (Lipinski definition) is 0. The van der Waals surface area contributed by atoms with Gasteiger partial charge in [-0.2, -0.15) is 0 Å². The lowest BCUT2D eigenvalue weighted by molar-refractivity contribution is -0.135. The van der Waals surface area contributed by atoms with Crippen LogP contribution >= 0.6 is 0 Å². The molecule has 2 heteroatoms. The molecule has 3 rings (SSSR count). The van der Waals surface area contributed by atoms with E-state index in [2.05, 4.69) is 35.0 Å².